The molecule has 0 aliphatic carbocycles. The second-order valence-corrected chi connectivity index (χ2v) is 11.4. The normalized spacial score (nSPS) is 16.5. The number of rotatable bonds is 5. The van der Waals surface area contributed by atoms with Gasteiger partial charge in [-0.1, -0.05) is 39.0 Å². The van der Waals surface area contributed by atoms with E-state index in [0.29, 0.717) is 21.7 Å². The Labute approximate surface area is 202 Å². The van der Waals surface area contributed by atoms with E-state index in [0.717, 1.165) is 23.0 Å². The molecule has 1 unspecified atom stereocenters. The number of aromatic nitrogens is 4. The summed E-state index contributed by atoms with van der Waals surface area (Å²) in [6.45, 7) is 6.16. The summed E-state index contributed by atoms with van der Waals surface area (Å²) in [6.07, 6.45) is 1.28. The van der Waals surface area contributed by atoms with Crippen molar-refractivity contribution in [2.24, 2.45) is 0 Å². The van der Waals surface area contributed by atoms with Crippen molar-refractivity contribution in [3.8, 4) is 0 Å². The third kappa shape index (κ3) is 5.41. The molecule has 9 nitrogen and oxygen atoms in total. The Morgan fingerprint density at radius 1 is 1.28 bits per heavy atom. The maximum Gasteiger partial charge on any atom is 0.410 e. The van der Waals surface area contributed by atoms with Gasteiger partial charge in [-0.05, 0) is 57.9 Å². The summed E-state index contributed by atoms with van der Waals surface area (Å²) < 4.78 is 8.89. The fourth-order valence-corrected chi connectivity index (χ4v) is 5.26. The van der Waals surface area contributed by atoms with Crippen LogP contribution in [0.1, 0.15) is 45.5 Å². The molecule has 1 aliphatic heterocycles. The monoisotopic (exact) mass is 538 g/mol. The maximum absolute atomic E-state index is 12.6. The number of thioether (sulfide) groups is 1. The van der Waals surface area contributed by atoms with Crippen molar-refractivity contribution in [1.82, 2.24) is 24.7 Å². The topological polar surface area (TPSA) is 102 Å². The van der Waals surface area contributed by atoms with Crippen molar-refractivity contribution >= 4 is 61.7 Å². The van der Waals surface area contributed by atoms with Crippen LogP contribution in [-0.2, 0) is 9.53 Å². The molecule has 0 radical (unpaired) electrons. The summed E-state index contributed by atoms with van der Waals surface area (Å²) in [5.74, 6) is 0.726. The molecule has 32 heavy (non-hydrogen) atoms. The van der Waals surface area contributed by atoms with Gasteiger partial charge in [0.25, 0.3) is 0 Å². The predicted molar refractivity (Wildman–Crippen MR) is 127 cm³/mol. The van der Waals surface area contributed by atoms with Crippen LogP contribution in [0.5, 0.6) is 0 Å². The fraction of sp³-hybridized carbons (Fsp3) is 0.450. The number of hydrogen-bond donors (Lipinski definition) is 1. The number of nitrogens with zero attached hydrogens (tertiary/aromatic N) is 5. The average molecular weight is 539 g/mol. The highest BCUT2D eigenvalue weighted by atomic mass is 79.9. The number of ether oxygens (including phenoxy) is 1. The molecule has 1 atom stereocenters. The molecule has 1 fully saturated rings. The van der Waals surface area contributed by atoms with Gasteiger partial charge in [-0.2, -0.15) is 4.52 Å². The molecule has 170 valence electrons. The largest absolute Gasteiger partial charge is 0.444 e. The van der Waals surface area contributed by atoms with Gasteiger partial charge < -0.3 is 10.1 Å². The zero-order valence-electron chi connectivity index (χ0n) is 17.9. The van der Waals surface area contributed by atoms with Crippen LogP contribution in [0.4, 0.5) is 10.5 Å². The summed E-state index contributed by atoms with van der Waals surface area (Å²) >= 11 is 6.08. The number of fused-ring (bicyclic) bond motifs is 1. The van der Waals surface area contributed by atoms with Gasteiger partial charge in [0, 0.05) is 16.7 Å². The molecular formula is C20H23BrN6O3S2. The van der Waals surface area contributed by atoms with Crippen molar-refractivity contribution in [3.63, 3.8) is 0 Å². The van der Waals surface area contributed by atoms with Gasteiger partial charge >= 0.3 is 6.09 Å². The Morgan fingerprint density at radius 2 is 2.03 bits per heavy atom. The lowest BCUT2D eigenvalue weighted by molar-refractivity contribution is -0.113. The number of benzene rings is 1. The number of anilines is 1. The molecule has 0 spiro atoms. The van der Waals surface area contributed by atoms with Crippen LogP contribution in [0, 0.1) is 0 Å². The minimum atomic E-state index is -0.564. The van der Waals surface area contributed by atoms with E-state index in [-0.39, 0.29) is 23.8 Å². The van der Waals surface area contributed by atoms with Crippen molar-refractivity contribution < 1.29 is 14.3 Å². The van der Waals surface area contributed by atoms with E-state index in [1.807, 2.05) is 45.0 Å². The van der Waals surface area contributed by atoms with Gasteiger partial charge in [-0.15, -0.1) is 15.3 Å². The van der Waals surface area contributed by atoms with E-state index >= 15 is 0 Å². The summed E-state index contributed by atoms with van der Waals surface area (Å²) in [5, 5.41) is 16.0. The average Bonchev–Trinajstić information content (AvgIpc) is 3.42. The lowest BCUT2D eigenvalue weighted by Crippen LogP contribution is -2.37. The number of carbonyl (C=O) groups is 2. The first kappa shape index (κ1) is 23.0. The zero-order valence-corrected chi connectivity index (χ0v) is 21.1. The first-order valence-corrected chi connectivity index (χ1v) is 12.7. The highest BCUT2D eigenvalue weighted by Gasteiger charge is 2.36. The van der Waals surface area contributed by atoms with Crippen molar-refractivity contribution in [3.05, 3.63) is 34.6 Å². The predicted octanol–water partition coefficient (Wildman–Crippen LogP) is 4.75. The number of hydrogen-bond acceptors (Lipinski definition) is 8. The first-order chi connectivity index (χ1) is 15.2. The van der Waals surface area contributed by atoms with Crippen LogP contribution in [0.25, 0.3) is 4.96 Å². The van der Waals surface area contributed by atoms with Crippen LogP contribution in [0.2, 0.25) is 0 Å². The summed E-state index contributed by atoms with van der Waals surface area (Å²) in [7, 11) is 0. The van der Waals surface area contributed by atoms with Gasteiger partial charge in [0.2, 0.25) is 10.9 Å². The fourth-order valence-electron chi connectivity index (χ4n) is 3.31. The number of carbonyl (C=O) groups excluding carboxylic acids is 2. The van der Waals surface area contributed by atoms with E-state index in [2.05, 4.69) is 36.5 Å². The maximum atomic E-state index is 12.6. The molecule has 4 rings (SSSR count). The van der Waals surface area contributed by atoms with Crippen LogP contribution in [0.3, 0.4) is 0 Å². The Hall–Kier alpha value is -2.18. The van der Waals surface area contributed by atoms with E-state index in [4.69, 9.17) is 4.74 Å². The minimum absolute atomic E-state index is 0.115. The summed E-state index contributed by atoms with van der Waals surface area (Å²) in [4.78, 5) is 27.2. The number of nitrogens with one attached hydrogen (secondary N) is 1. The van der Waals surface area contributed by atoms with E-state index < -0.39 is 5.60 Å². The molecule has 1 aromatic carbocycles. The van der Waals surface area contributed by atoms with Gasteiger partial charge in [0.05, 0.1) is 11.8 Å². The molecule has 0 saturated carbocycles. The van der Waals surface area contributed by atoms with Crippen molar-refractivity contribution in [1.29, 1.82) is 0 Å². The van der Waals surface area contributed by atoms with Gasteiger partial charge in [0.15, 0.2) is 10.2 Å². The number of likely N-dealkylation sites (tertiary alicyclic amines) is 1. The lowest BCUT2D eigenvalue weighted by atomic mass is 10.2. The second kappa shape index (κ2) is 9.36. The first-order valence-electron chi connectivity index (χ1n) is 10.1. The quantitative estimate of drug-likeness (QED) is 0.467. The van der Waals surface area contributed by atoms with Crippen LogP contribution < -0.4 is 5.32 Å². The third-order valence-electron chi connectivity index (χ3n) is 4.63. The smallest absolute Gasteiger partial charge is 0.410 e. The van der Waals surface area contributed by atoms with Gasteiger partial charge in [0.1, 0.15) is 5.60 Å². The zero-order chi connectivity index (χ0) is 22.9. The molecule has 3 aromatic rings. The van der Waals surface area contributed by atoms with Crippen LogP contribution >= 0.6 is 39.0 Å². The minimum Gasteiger partial charge on any atom is -0.444 e. The molecule has 1 N–H and O–H groups in total. The van der Waals surface area contributed by atoms with Crippen molar-refractivity contribution in [2.45, 2.75) is 49.6 Å². The lowest BCUT2D eigenvalue weighted by Gasteiger charge is -2.27. The third-order valence-corrected chi connectivity index (χ3v) is 7.19. The molecular weight excluding hydrogens is 516 g/mol. The van der Waals surface area contributed by atoms with Crippen LogP contribution in [-0.4, -0.2) is 54.6 Å². The highest BCUT2D eigenvalue weighted by Crippen LogP contribution is 2.34. The Balaban J connectivity index is 1.42. The second-order valence-electron chi connectivity index (χ2n) is 8.30. The van der Waals surface area contributed by atoms with E-state index in [1.165, 1.54) is 23.1 Å². The van der Waals surface area contributed by atoms with Crippen LogP contribution in [0.15, 0.2) is 33.1 Å². The Morgan fingerprint density at radius 3 is 2.75 bits per heavy atom. The molecule has 3 heterocycles. The van der Waals surface area contributed by atoms with E-state index in [9.17, 15) is 9.59 Å². The van der Waals surface area contributed by atoms with Gasteiger partial charge in [-0.3, -0.25) is 9.69 Å². The summed E-state index contributed by atoms with van der Waals surface area (Å²) in [5.41, 5.74) is 0.175. The van der Waals surface area contributed by atoms with Gasteiger partial charge in [-0.25, -0.2) is 4.79 Å². The molecule has 2 amide bonds. The molecule has 0 bridgehead atoms. The molecule has 12 heteroatoms. The van der Waals surface area contributed by atoms with Crippen molar-refractivity contribution in [2.75, 3.05) is 17.6 Å². The molecule has 1 aliphatic rings. The number of amides is 2. The molecule has 1 saturated heterocycles. The standard InChI is InChI=1S/C20H23BrN6O3S2/c1-20(2,3)30-19(29)26-10-4-5-14(26)16-23-24-17-27(16)25-18(32-17)31-11-15(28)22-13-8-6-12(21)7-9-13/h6-9,14H,4-5,10-11H2,1-3H3,(H,22,28). The Bertz CT molecular complexity index is 1120. The Kier molecular flexibility index (Phi) is 6.72. The summed E-state index contributed by atoms with van der Waals surface area (Å²) in [6, 6.07) is 7.17. The molecule has 2 aromatic heterocycles. The van der Waals surface area contributed by atoms with E-state index in [1.54, 1.807) is 9.42 Å². The number of halogens is 1. The SMILES string of the molecule is CC(C)(C)OC(=O)N1CCCC1c1nnc2sc(SCC(=O)Nc3ccc(Br)cc3)nn12. The highest BCUT2D eigenvalue weighted by molar-refractivity contribution is 9.10.